The van der Waals surface area contributed by atoms with E-state index in [1.165, 1.54) is 233 Å². The van der Waals surface area contributed by atoms with Crippen molar-refractivity contribution in [1.29, 1.82) is 0 Å². The van der Waals surface area contributed by atoms with Gasteiger partial charge in [0.2, 0.25) is 0 Å². The Labute approximate surface area is 492 Å². The van der Waals surface area contributed by atoms with E-state index in [0.29, 0.717) is 23.7 Å². The maximum absolute atomic E-state index is 2.72. The molecule has 0 aliphatic heterocycles. The lowest BCUT2D eigenvalue weighted by atomic mass is 9.72. The van der Waals surface area contributed by atoms with E-state index >= 15 is 0 Å². The first-order chi connectivity index (χ1) is 39.6. The number of benzene rings is 13. The highest BCUT2D eigenvalue weighted by atomic mass is 14.3. The molecule has 0 saturated heterocycles. The van der Waals surface area contributed by atoms with E-state index in [9.17, 15) is 0 Å². The van der Waals surface area contributed by atoms with Crippen molar-refractivity contribution in [2.45, 2.75) is 212 Å². The first-order valence-electron chi connectivity index (χ1n) is 33.8. The summed E-state index contributed by atoms with van der Waals surface area (Å²) in [6.07, 6.45) is 25.4. The van der Waals surface area contributed by atoms with E-state index in [-0.39, 0.29) is 0 Å². The van der Waals surface area contributed by atoms with Crippen LogP contribution in [0.2, 0.25) is 0 Å². The van der Waals surface area contributed by atoms with Crippen LogP contribution in [-0.2, 0) is 25.7 Å². The van der Waals surface area contributed by atoms with Crippen molar-refractivity contribution in [2.75, 3.05) is 0 Å². The van der Waals surface area contributed by atoms with Crippen molar-refractivity contribution >= 4 is 129 Å². The number of hydrogen-bond donors (Lipinski definition) is 0. The van der Waals surface area contributed by atoms with Gasteiger partial charge in [0.25, 0.3) is 0 Å². The Morgan fingerprint density at radius 3 is 0.585 bits per heavy atom. The Balaban J connectivity index is 1.12. The zero-order valence-electron chi connectivity index (χ0n) is 52.8. The van der Waals surface area contributed by atoms with Crippen LogP contribution in [0.5, 0.6) is 0 Å². The third kappa shape index (κ3) is 9.83. The molecule has 0 N–H and O–H groups in total. The molecule has 0 saturated carbocycles. The van der Waals surface area contributed by atoms with Crippen LogP contribution in [0.4, 0.5) is 0 Å². The predicted octanol–water partition coefficient (Wildman–Crippen LogP) is 25.7. The van der Waals surface area contributed by atoms with Crippen LogP contribution in [-0.4, -0.2) is 0 Å². The number of aryl methyl sites for hydroxylation is 4. The number of hydrogen-bond acceptors (Lipinski definition) is 0. The third-order valence-electron chi connectivity index (χ3n) is 21.3. The van der Waals surface area contributed by atoms with Gasteiger partial charge in [-0.05, 0) is 250 Å². The summed E-state index contributed by atoms with van der Waals surface area (Å²) in [5.74, 6) is 5.93. The Morgan fingerprint density at radius 2 is 0.390 bits per heavy atom. The van der Waals surface area contributed by atoms with Gasteiger partial charge in [-0.2, -0.15) is 0 Å². The van der Waals surface area contributed by atoms with Gasteiger partial charge in [0.15, 0.2) is 0 Å². The summed E-state index contributed by atoms with van der Waals surface area (Å²) < 4.78 is 0. The van der Waals surface area contributed by atoms with Gasteiger partial charge in [-0.15, -0.1) is 0 Å². The molecule has 82 heavy (non-hydrogen) atoms. The maximum Gasteiger partial charge on any atom is -0.0000473 e. The fourth-order valence-corrected chi connectivity index (χ4v) is 16.7. The standard InChI is InChI=1S/C82H98/c1-47(2)19-13-23-51(9)31-35-55-39-63-59-27-17-28-60-65-41-57(37-33-53(11)25-15-21-49(5)6)45-69-70-46-58(38-34-54(12)26-16-22-50(7)8)42-66-62-30-18-29-61-64-40-56(36-32-52(10)24-14-20-48(3)4)44-68-67(43-55)73(63)79-77(71(59)60)81(75(65)69)82(76(66)70)78(72(61)62)80(79)74(64)68/h17-18,27-30,39-54H,13-16,19-26,31-38H2,1-12H3. The van der Waals surface area contributed by atoms with Crippen LogP contribution >= 0.6 is 0 Å². The lowest BCUT2D eigenvalue weighted by molar-refractivity contribution is 0.437. The molecule has 0 heterocycles. The summed E-state index contributed by atoms with van der Waals surface area (Å²) >= 11 is 0. The molecule has 0 radical (unpaired) electrons. The molecule has 0 amide bonds. The van der Waals surface area contributed by atoms with Crippen LogP contribution in [0.25, 0.3) is 129 Å². The minimum atomic E-state index is 0.710. The molecular formula is C82H98. The number of fused-ring (bicyclic) bond motifs is 6. The van der Waals surface area contributed by atoms with Crippen molar-refractivity contribution in [3.05, 3.63) is 107 Å². The van der Waals surface area contributed by atoms with Crippen molar-refractivity contribution < 1.29 is 0 Å². The Morgan fingerprint density at radius 1 is 0.207 bits per heavy atom. The van der Waals surface area contributed by atoms with Gasteiger partial charge in [-0.25, -0.2) is 0 Å². The highest BCUT2D eigenvalue weighted by Crippen LogP contribution is 2.61. The molecule has 0 aliphatic rings. The molecule has 0 aromatic heterocycles. The highest BCUT2D eigenvalue weighted by molar-refractivity contribution is 6.61. The van der Waals surface area contributed by atoms with Crippen molar-refractivity contribution in [3.8, 4) is 0 Å². The largest absolute Gasteiger partial charge is 0.0628 e. The summed E-state index contributed by atoms with van der Waals surface area (Å²) in [5.41, 5.74) is 6.08. The monoisotopic (exact) mass is 1080 g/mol. The second-order valence-corrected chi connectivity index (χ2v) is 29.8. The van der Waals surface area contributed by atoms with Crippen molar-refractivity contribution in [3.63, 3.8) is 0 Å². The van der Waals surface area contributed by atoms with Gasteiger partial charge < -0.3 is 0 Å². The molecule has 4 atom stereocenters. The van der Waals surface area contributed by atoms with E-state index in [0.717, 1.165) is 49.4 Å². The molecule has 0 spiro atoms. The first-order valence-corrected chi connectivity index (χ1v) is 33.8. The summed E-state index contributed by atoms with van der Waals surface area (Å²) in [4.78, 5) is 0. The first kappa shape index (κ1) is 55.7. The molecule has 0 nitrogen and oxygen atoms in total. The minimum absolute atomic E-state index is 0.710. The third-order valence-corrected chi connectivity index (χ3v) is 21.3. The quantitative estimate of drug-likeness (QED) is 0.0339. The van der Waals surface area contributed by atoms with Crippen LogP contribution in [0, 0.1) is 47.3 Å². The molecule has 13 aromatic rings. The molecule has 426 valence electrons. The normalized spacial score (nSPS) is 14.8. The molecule has 0 heteroatoms. The zero-order chi connectivity index (χ0) is 56.8. The van der Waals surface area contributed by atoms with E-state index < -0.39 is 0 Å². The van der Waals surface area contributed by atoms with Gasteiger partial charge in [-0.1, -0.05) is 245 Å². The van der Waals surface area contributed by atoms with E-state index in [1.54, 1.807) is 21.5 Å². The predicted molar refractivity (Wildman–Crippen MR) is 368 cm³/mol. The van der Waals surface area contributed by atoms with Gasteiger partial charge in [0.05, 0.1) is 0 Å². The van der Waals surface area contributed by atoms with Gasteiger partial charge >= 0.3 is 0 Å². The average Bonchev–Trinajstić information content (AvgIpc) is 0.707. The Hall–Kier alpha value is -5.46. The molecule has 0 bridgehead atoms. The van der Waals surface area contributed by atoms with Gasteiger partial charge in [0.1, 0.15) is 0 Å². The molecule has 0 aliphatic carbocycles. The fourth-order valence-electron chi connectivity index (χ4n) is 16.7. The summed E-state index contributed by atoms with van der Waals surface area (Å²) in [6.45, 7) is 29.2. The fraction of sp³-hybridized carbons (Fsp3) is 0.488. The van der Waals surface area contributed by atoms with Crippen LogP contribution < -0.4 is 0 Å². The number of rotatable bonds is 28. The van der Waals surface area contributed by atoms with Crippen LogP contribution in [0.3, 0.4) is 0 Å². The smallest absolute Gasteiger partial charge is 0.0000473 e. The second kappa shape index (κ2) is 22.5. The van der Waals surface area contributed by atoms with Crippen LogP contribution in [0.15, 0.2) is 84.9 Å². The SMILES string of the molecule is CC(C)CCCC(C)CCc1cc2c3cccc4c5cc(CCC(C)CCCC(C)C)cc6c7cc(CCC(C)CCCC(C)C)cc8c9cccc%10c%11cc(CCC(C)CCCC(C)C)cc%12c(c1)c2c1c(c34)c(c56)c(c87)c(c%109)c1c%11%12. The second-order valence-electron chi connectivity index (χ2n) is 29.8. The highest BCUT2D eigenvalue weighted by Gasteiger charge is 2.32. The molecular weight excluding hydrogens is 985 g/mol. The zero-order valence-corrected chi connectivity index (χ0v) is 52.8. The van der Waals surface area contributed by atoms with Crippen molar-refractivity contribution in [2.24, 2.45) is 47.3 Å². The van der Waals surface area contributed by atoms with E-state index in [4.69, 9.17) is 0 Å². The summed E-state index contributed by atoms with van der Waals surface area (Å²) in [7, 11) is 0. The van der Waals surface area contributed by atoms with Crippen LogP contribution in [0.1, 0.15) is 208 Å². The molecule has 13 aromatic carbocycles. The lowest BCUT2D eigenvalue weighted by Crippen LogP contribution is -2.04. The van der Waals surface area contributed by atoms with E-state index in [2.05, 4.69) is 168 Å². The lowest BCUT2D eigenvalue weighted by Gasteiger charge is -2.30. The molecule has 0 fully saturated rings. The van der Waals surface area contributed by atoms with Crippen molar-refractivity contribution in [1.82, 2.24) is 0 Å². The summed E-state index contributed by atoms with van der Waals surface area (Å²) in [5, 5.41) is 36.1. The van der Waals surface area contributed by atoms with Gasteiger partial charge in [0, 0.05) is 0 Å². The topological polar surface area (TPSA) is 0 Å². The maximum atomic E-state index is 2.72. The average molecular weight is 1080 g/mol. The molecule has 4 unspecified atom stereocenters. The Kier molecular flexibility index (Phi) is 15.3. The molecule has 13 rings (SSSR count). The van der Waals surface area contributed by atoms with E-state index in [1.807, 2.05) is 0 Å². The minimum Gasteiger partial charge on any atom is -0.0628 e. The Bertz CT molecular complexity index is 3760. The summed E-state index contributed by atoms with van der Waals surface area (Å²) in [6, 6.07) is 36.7. The van der Waals surface area contributed by atoms with Gasteiger partial charge in [-0.3, -0.25) is 0 Å².